The van der Waals surface area contributed by atoms with E-state index in [9.17, 15) is 0 Å². The van der Waals surface area contributed by atoms with Crippen molar-refractivity contribution in [2.24, 2.45) is 5.41 Å². The van der Waals surface area contributed by atoms with E-state index in [-0.39, 0.29) is 0 Å². The molecule has 0 bridgehead atoms. The molecule has 18 heavy (non-hydrogen) atoms. The number of aryl methyl sites for hydroxylation is 2. The van der Waals surface area contributed by atoms with Gasteiger partial charge in [0, 0.05) is 18.8 Å². The Hall–Kier alpha value is -1.12. The van der Waals surface area contributed by atoms with Crippen LogP contribution in [-0.4, -0.2) is 22.6 Å². The smallest absolute Gasteiger partial charge is 0.150 e. The van der Waals surface area contributed by atoms with Gasteiger partial charge in [0.2, 0.25) is 0 Å². The third kappa shape index (κ3) is 3.01. The van der Waals surface area contributed by atoms with Gasteiger partial charge in [0.05, 0.1) is 11.4 Å². The van der Waals surface area contributed by atoms with Gasteiger partial charge in [-0.2, -0.15) is 0 Å². The van der Waals surface area contributed by atoms with Crippen molar-refractivity contribution < 1.29 is 0 Å². The van der Waals surface area contributed by atoms with E-state index in [1.165, 1.54) is 19.3 Å². The summed E-state index contributed by atoms with van der Waals surface area (Å²) >= 11 is 0. The molecule has 3 nitrogen and oxygen atoms in total. The Morgan fingerprint density at radius 2 is 2.06 bits per heavy atom. The lowest BCUT2D eigenvalue weighted by molar-refractivity contribution is 0.338. The second kappa shape index (κ2) is 4.87. The van der Waals surface area contributed by atoms with E-state index in [2.05, 4.69) is 37.6 Å². The second-order valence-corrected chi connectivity index (χ2v) is 6.67. The number of anilines is 1. The minimum absolute atomic E-state index is 0.373. The monoisotopic (exact) mass is 247 g/mol. The number of rotatable bonds is 2. The molecule has 0 radical (unpaired) electrons. The third-order valence-corrected chi connectivity index (χ3v) is 3.55. The molecule has 0 aromatic carbocycles. The van der Waals surface area contributed by atoms with Gasteiger partial charge in [-0.1, -0.05) is 20.8 Å². The van der Waals surface area contributed by atoms with Gasteiger partial charge in [-0.25, -0.2) is 4.98 Å². The highest BCUT2D eigenvalue weighted by Gasteiger charge is 2.30. The minimum Gasteiger partial charge on any atom is -0.352 e. The Morgan fingerprint density at radius 3 is 2.72 bits per heavy atom. The first-order valence-electron chi connectivity index (χ1n) is 6.94. The number of hydrogen-bond acceptors (Lipinski definition) is 3. The van der Waals surface area contributed by atoms with Crippen LogP contribution in [0, 0.1) is 19.3 Å². The number of nitrogens with zero attached hydrogens (tertiary/aromatic N) is 3. The van der Waals surface area contributed by atoms with Crippen LogP contribution in [-0.2, 0) is 0 Å². The maximum Gasteiger partial charge on any atom is 0.150 e. The summed E-state index contributed by atoms with van der Waals surface area (Å²) in [4.78, 5) is 11.6. The van der Waals surface area contributed by atoms with Gasteiger partial charge in [-0.15, -0.1) is 0 Å². The van der Waals surface area contributed by atoms with Gasteiger partial charge >= 0.3 is 0 Å². The van der Waals surface area contributed by atoms with Crippen LogP contribution in [0.5, 0.6) is 0 Å². The molecule has 1 aliphatic heterocycles. The highest BCUT2D eigenvalue weighted by atomic mass is 15.2. The lowest BCUT2D eigenvalue weighted by Crippen LogP contribution is -2.34. The van der Waals surface area contributed by atoms with E-state index < -0.39 is 0 Å². The van der Waals surface area contributed by atoms with Gasteiger partial charge in [0.25, 0.3) is 0 Å². The van der Waals surface area contributed by atoms with Crippen LogP contribution in [0.2, 0.25) is 0 Å². The van der Waals surface area contributed by atoms with Crippen molar-refractivity contribution in [3.8, 4) is 0 Å². The van der Waals surface area contributed by atoms with Crippen LogP contribution in [0.15, 0.2) is 6.20 Å². The van der Waals surface area contributed by atoms with Gasteiger partial charge in [0.15, 0.2) is 5.82 Å². The minimum atomic E-state index is 0.373. The summed E-state index contributed by atoms with van der Waals surface area (Å²) in [5.41, 5.74) is 2.44. The van der Waals surface area contributed by atoms with E-state index in [0.717, 1.165) is 23.8 Å². The van der Waals surface area contributed by atoms with E-state index >= 15 is 0 Å². The topological polar surface area (TPSA) is 29.0 Å². The fourth-order valence-corrected chi connectivity index (χ4v) is 2.83. The number of aromatic nitrogens is 2. The molecule has 1 fully saturated rings. The summed E-state index contributed by atoms with van der Waals surface area (Å²) in [5, 5.41) is 0. The molecule has 2 rings (SSSR count). The Kier molecular flexibility index (Phi) is 3.60. The molecule has 1 aromatic heterocycles. The number of hydrogen-bond donors (Lipinski definition) is 0. The van der Waals surface area contributed by atoms with Gasteiger partial charge in [0.1, 0.15) is 0 Å². The molecular formula is C15H25N3. The second-order valence-electron chi connectivity index (χ2n) is 6.67. The third-order valence-electron chi connectivity index (χ3n) is 3.55. The predicted molar refractivity (Wildman–Crippen MR) is 75.9 cm³/mol. The van der Waals surface area contributed by atoms with Crippen molar-refractivity contribution in [2.45, 2.75) is 59.9 Å². The van der Waals surface area contributed by atoms with Crippen molar-refractivity contribution in [1.82, 2.24) is 9.97 Å². The first-order chi connectivity index (χ1) is 8.37. The Labute approximate surface area is 111 Å². The summed E-state index contributed by atoms with van der Waals surface area (Å²) < 4.78 is 0. The molecule has 1 aliphatic rings. The lowest BCUT2D eigenvalue weighted by atomic mass is 9.87. The van der Waals surface area contributed by atoms with Crippen LogP contribution in [0.3, 0.4) is 0 Å². The van der Waals surface area contributed by atoms with Crippen molar-refractivity contribution >= 4 is 5.82 Å². The summed E-state index contributed by atoms with van der Waals surface area (Å²) in [6.45, 7) is 12.2. The molecule has 0 aliphatic carbocycles. The maximum atomic E-state index is 4.70. The van der Waals surface area contributed by atoms with Crippen molar-refractivity contribution in [2.75, 3.05) is 11.4 Å². The molecule has 0 N–H and O–H groups in total. The highest BCUT2D eigenvalue weighted by molar-refractivity contribution is 5.45. The summed E-state index contributed by atoms with van der Waals surface area (Å²) in [6, 6.07) is 0.625. The van der Waals surface area contributed by atoms with Crippen LogP contribution in [0.4, 0.5) is 5.82 Å². The first kappa shape index (κ1) is 13.3. The first-order valence-corrected chi connectivity index (χ1v) is 6.94. The van der Waals surface area contributed by atoms with Crippen LogP contribution < -0.4 is 4.90 Å². The van der Waals surface area contributed by atoms with Crippen LogP contribution in [0.1, 0.15) is 51.4 Å². The van der Waals surface area contributed by atoms with Crippen molar-refractivity contribution in [3.05, 3.63) is 17.6 Å². The zero-order valence-electron chi connectivity index (χ0n) is 12.3. The van der Waals surface area contributed by atoms with Crippen LogP contribution >= 0.6 is 0 Å². The standard InChI is InChI=1S/C15H25N3/c1-11-10-16-12(2)14(17-11)18-8-6-7-13(18)9-15(3,4)5/h10,13H,6-9H2,1-5H3. The Balaban J connectivity index is 2.23. The molecule has 1 unspecified atom stereocenters. The molecule has 2 heterocycles. The lowest BCUT2D eigenvalue weighted by Gasteiger charge is -2.31. The maximum absolute atomic E-state index is 4.70. The van der Waals surface area contributed by atoms with Crippen molar-refractivity contribution in [1.29, 1.82) is 0 Å². The molecular weight excluding hydrogens is 222 g/mol. The zero-order chi connectivity index (χ0) is 13.3. The van der Waals surface area contributed by atoms with Gasteiger partial charge in [-0.3, -0.25) is 4.98 Å². The van der Waals surface area contributed by atoms with Gasteiger partial charge in [-0.05, 0) is 38.5 Å². The molecule has 0 amide bonds. The Morgan fingerprint density at radius 1 is 1.33 bits per heavy atom. The molecule has 1 aromatic rings. The Bertz CT molecular complexity index is 420. The predicted octanol–water partition coefficient (Wildman–Crippen LogP) is 3.50. The normalized spacial score (nSPS) is 20.5. The average Bonchev–Trinajstić information content (AvgIpc) is 2.67. The van der Waals surface area contributed by atoms with Gasteiger partial charge < -0.3 is 4.90 Å². The van der Waals surface area contributed by atoms with E-state index in [1.54, 1.807) is 0 Å². The molecule has 100 valence electrons. The van der Waals surface area contributed by atoms with E-state index in [0.29, 0.717) is 11.5 Å². The molecule has 0 saturated carbocycles. The van der Waals surface area contributed by atoms with Crippen molar-refractivity contribution in [3.63, 3.8) is 0 Å². The average molecular weight is 247 g/mol. The highest BCUT2D eigenvalue weighted by Crippen LogP contribution is 2.33. The molecule has 1 atom stereocenters. The summed E-state index contributed by atoms with van der Waals surface area (Å²) in [7, 11) is 0. The fraction of sp³-hybridized carbons (Fsp3) is 0.733. The SMILES string of the molecule is Cc1cnc(C)c(N2CCCC2CC(C)(C)C)n1. The summed E-state index contributed by atoms with van der Waals surface area (Å²) in [6.07, 6.45) is 5.64. The zero-order valence-corrected chi connectivity index (χ0v) is 12.3. The summed E-state index contributed by atoms with van der Waals surface area (Å²) in [5.74, 6) is 1.10. The molecule has 0 spiro atoms. The fourth-order valence-electron chi connectivity index (χ4n) is 2.83. The van der Waals surface area contributed by atoms with E-state index in [4.69, 9.17) is 4.98 Å². The van der Waals surface area contributed by atoms with Crippen LogP contribution in [0.25, 0.3) is 0 Å². The quantitative estimate of drug-likeness (QED) is 0.801. The molecule has 1 saturated heterocycles. The largest absolute Gasteiger partial charge is 0.352 e. The molecule has 3 heteroatoms. The van der Waals surface area contributed by atoms with E-state index in [1.807, 2.05) is 13.1 Å².